The summed E-state index contributed by atoms with van der Waals surface area (Å²) < 4.78 is 0. The van der Waals surface area contributed by atoms with Gasteiger partial charge in [0, 0.05) is 12.6 Å². The summed E-state index contributed by atoms with van der Waals surface area (Å²) in [6.45, 7) is 8.23. The average Bonchev–Trinajstić information content (AvgIpc) is 2.23. The van der Waals surface area contributed by atoms with E-state index < -0.39 is 6.10 Å². The van der Waals surface area contributed by atoms with Crippen molar-refractivity contribution in [3.63, 3.8) is 0 Å². The Balaban J connectivity index is 4.16. The zero-order valence-electron chi connectivity index (χ0n) is 11.2. The summed E-state index contributed by atoms with van der Waals surface area (Å²) in [7, 11) is 1.85. The Bertz CT molecular complexity index is 203. The molecule has 2 N–H and O–H groups in total. The number of carbonyl (C=O) groups is 1. The third-order valence-corrected chi connectivity index (χ3v) is 2.92. The lowest BCUT2D eigenvalue weighted by atomic mass is 10.1. The van der Waals surface area contributed by atoms with Crippen molar-refractivity contribution in [2.45, 2.75) is 58.7 Å². The van der Waals surface area contributed by atoms with E-state index in [9.17, 15) is 9.90 Å². The van der Waals surface area contributed by atoms with Crippen molar-refractivity contribution in [1.29, 1.82) is 0 Å². The maximum Gasteiger partial charge on any atom is 0.237 e. The molecule has 0 spiro atoms. The summed E-state index contributed by atoms with van der Waals surface area (Å²) in [4.78, 5) is 13.7. The van der Waals surface area contributed by atoms with Crippen LogP contribution in [-0.2, 0) is 4.79 Å². The molecular weight excluding hydrogens is 204 g/mol. The van der Waals surface area contributed by atoms with Gasteiger partial charge in [-0.15, -0.1) is 0 Å². The van der Waals surface area contributed by atoms with Crippen molar-refractivity contribution in [2.24, 2.45) is 0 Å². The van der Waals surface area contributed by atoms with Crippen LogP contribution >= 0.6 is 0 Å². The molecular formula is C12H26N2O2. The maximum absolute atomic E-state index is 11.9. The Labute approximate surface area is 99.0 Å². The Morgan fingerprint density at radius 1 is 1.31 bits per heavy atom. The fourth-order valence-electron chi connectivity index (χ4n) is 1.59. The lowest BCUT2D eigenvalue weighted by Gasteiger charge is -2.26. The predicted octanol–water partition coefficient (Wildman–Crippen LogP) is 0.992. The number of hydrogen-bond acceptors (Lipinski definition) is 3. The molecule has 0 aromatic heterocycles. The molecule has 0 rings (SSSR count). The van der Waals surface area contributed by atoms with Crippen LogP contribution < -0.4 is 5.32 Å². The minimum absolute atomic E-state index is 0.0388. The average molecular weight is 230 g/mol. The zero-order chi connectivity index (χ0) is 12.7. The largest absolute Gasteiger partial charge is 0.392 e. The second-order valence-corrected chi connectivity index (χ2v) is 4.49. The molecule has 0 aromatic rings. The van der Waals surface area contributed by atoms with Crippen LogP contribution in [-0.4, -0.2) is 47.7 Å². The fraction of sp³-hybridized carbons (Fsp3) is 0.917. The summed E-state index contributed by atoms with van der Waals surface area (Å²) in [5.74, 6) is 0.0388. The van der Waals surface area contributed by atoms with Crippen LogP contribution in [0.5, 0.6) is 0 Å². The molecule has 0 heterocycles. The van der Waals surface area contributed by atoms with Gasteiger partial charge in [0.25, 0.3) is 0 Å². The number of aliphatic hydroxyl groups is 1. The molecule has 0 bridgehead atoms. The van der Waals surface area contributed by atoms with E-state index in [0.29, 0.717) is 6.54 Å². The molecule has 96 valence electrons. The van der Waals surface area contributed by atoms with Gasteiger partial charge in [-0.25, -0.2) is 0 Å². The number of likely N-dealkylation sites (N-methyl/N-ethyl adjacent to an activating group) is 1. The first-order valence-corrected chi connectivity index (χ1v) is 6.10. The summed E-state index contributed by atoms with van der Waals surface area (Å²) in [6, 6.07) is 0.0603. The SMILES string of the molecule is CCC(CC)NC(=O)C(C)N(C)CC(C)O. The molecule has 0 radical (unpaired) electrons. The lowest BCUT2D eigenvalue weighted by Crippen LogP contribution is -2.48. The normalized spacial score (nSPS) is 15.2. The van der Waals surface area contributed by atoms with Gasteiger partial charge < -0.3 is 10.4 Å². The zero-order valence-corrected chi connectivity index (χ0v) is 11.2. The van der Waals surface area contributed by atoms with Gasteiger partial charge in [-0.2, -0.15) is 0 Å². The first-order chi connectivity index (χ1) is 7.42. The molecule has 16 heavy (non-hydrogen) atoms. The van der Waals surface area contributed by atoms with E-state index in [4.69, 9.17) is 0 Å². The van der Waals surface area contributed by atoms with Crippen molar-refractivity contribution in [3.8, 4) is 0 Å². The Morgan fingerprint density at radius 2 is 1.81 bits per heavy atom. The van der Waals surface area contributed by atoms with Crippen molar-refractivity contribution < 1.29 is 9.90 Å². The smallest absolute Gasteiger partial charge is 0.237 e. The van der Waals surface area contributed by atoms with Gasteiger partial charge in [0.2, 0.25) is 5.91 Å². The highest BCUT2D eigenvalue weighted by Crippen LogP contribution is 2.01. The summed E-state index contributed by atoms with van der Waals surface area (Å²) in [5, 5.41) is 12.3. The van der Waals surface area contributed by atoms with Gasteiger partial charge >= 0.3 is 0 Å². The van der Waals surface area contributed by atoms with Crippen LogP contribution in [0.2, 0.25) is 0 Å². The minimum atomic E-state index is -0.409. The molecule has 0 saturated carbocycles. The van der Waals surface area contributed by atoms with Gasteiger partial charge in [0.1, 0.15) is 0 Å². The number of amides is 1. The number of carbonyl (C=O) groups excluding carboxylic acids is 1. The monoisotopic (exact) mass is 230 g/mol. The van der Waals surface area contributed by atoms with Crippen molar-refractivity contribution in [2.75, 3.05) is 13.6 Å². The van der Waals surface area contributed by atoms with E-state index in [1.54, 1.807) is 6.92 Å². The van der Waals surface area contributed by atoms with Gasteiger partial charge in [0.05, 0.1) is 12.1 Å². The minimum Gasteiger partial charge on any atom is -0.392 e. The highest BCUT2D eigenvalue weighted by atomic mass is 16.3. The standard InChI is InChI=1S/C12H26N2O2/c1-6-11(7-2)13-12(16)10(4)14(5)8-9(3)15/h9-11,15H,6-8H2,1-5H3,(H,13,16). The first kappa shape index (κ1) is 15.4. The number of nitrogens with one attached hydrogen (secondary N) is 1. The fourth-order valence-corrected chi connectivity index (χ4v) is 1.59. The van der Waals surface area contributed by atoms with E-state index in [2.05, 4.69) is 19.2 Å². The lowest BCUT2D eigenvalue weighted by molar-refractivity contribution is -0.126. The number of aliphatic hydroxyl groups excluding tert-OH is 1. The molecule has 4 nitrogen and oxygen atoms in total. The summed E-state index contributed by atoms with van der Waals surface area (Å²) in [5.41, 5.74) is 0. The van der Waals surface area contributed by atoms with Gasteiger partial charge in [0.15, 0.2) is 0 Å². The maximum atomic E-state index is 11.9. The third-order valence-electron chi connectivity index (χ3n) is 2.92. The van der Waals surface area contributed by atoms with Crippen LogP contribution in [0, 0.1) is 0 Å². The van der Waals surface area contributed by atoms with Gasteiger partial charge in [-0.1, -0.05) is 13.8 Å². The highest BCUT2D eigenvalue weighted by molar-refractivity contribution is 5.81. The molecule has 0 aliphatic rings. The second-order valence-electron chi connectivity index (χ2n) is 4.49. The molecule has 0 aliphatic heterocycles. The van der Waals surface area contributed by atoms with Crippen LogP contribution in [0.3, 0.4) is 0 Å². The van der Waals surface area contributed by atoms with E-state index >= 15 is 0 Å². The van der Waals surface area contributed by atoms with Crippen molar-refractivity contribution >= 4 is 5.91 Å². The van der Waals surface area contributed by atoms with Crippen LogP contribution in [0.25, 0.3) is 0 Å². The van der Waals surface area contributed by atoms with Crippen molar-refractivity contribution in [1.82, 2.24) is 10.2 Å². The highest BCUT2D eigenvalue weighted by Gasteiger charge is 2.20. The van der Waals surface area contributed by atoms with E-state index in [-0.39, 0.29) is 18.0 Å². The molecule has 4 heteroatoms. The molecule has 0 fully saturated rings. The summed E-state index contributed by atoms with van der Waals surface area (Å²) >= 11 is 0. The quantitative estimate of drug-likeness (QED) is 0.686. The van der Waals surface area contributed by atoms with Gasteiger partial charge in [-0.05, 0) is 33.7 Å². The molecule has 0 aromatic carbocycles. The predicted molar refractivity (Wildman–Crippen MR) is 66.3 cm³/mol. The number of hydrogen-bond donors (Lipinski definition) is 2. The molecule has 0 aliphatic carbocycles. The number of nitrogens with zero attached hydrogens (tertiary/aromatic N) is 1. The Kier molecular flexibility index (Phi) is 7.34. The molecule has 0 saturated heterocycles. The molecule has 2 atom stereocenters. The van der Waals surface area contributed by atoms with E-state index in [1.165, 1.54) is 0 Å². The molecule has 2 unspecified atom stereocenters. The van der Waals surface area contributed by atoms with E-state index in [1.807, 2.05) is 18.9 Å². The third kappa shape index (κ3) is 5.47. The van der Waals surface area contributed by atoms with Crippen LogP contribution in [0.1, 0.15) is 40.5 Å². The van der Waals surface area contributed by atoms with E-state index in [0.717, 1.165) is 12.8 Å². The Morgan fingerprint density at radius 3 is 2.19 bits per heavy atom. The first-order valence-electron chi connectivity index (χ1n) is 6.10. The van der Waals surface area contributed by atoms with Crippen LogP contribution in [0.4, 0.5) is 0 Å². The van der Waals surface area contributed by atoms with Gasteiger partial charge in [-0.3, -0.25) is 9.69 Å². The second kappa shape index (κ2) is 7.63. The topological polar surface area (TPSA) is 52.6 Å². The Hall–Kier alpha value is -0.610. The number of rotatable bonds is 7. The molecule has 1 amide bonds. The van der Waals surface area contributed by atoms with Crippen molar-refractivity contribution in [3.05, 3.63) is 0 Å². The van der Waals surface area contributed by atoms with Crippen LogP contribution in [0.15, 0.2) is 0 Å². The summed E-state index contributed by atoms with van der Waals surface area (Å²) in [6.07, 6.45) is 1.50.